The summed E-state index contributed by atoms with van der Waals surface area (Å²) in [7, 11) is 0. The third kappa shape index (κ3) is 3.65. The van der Waals surface area contributed by atoms with Crippen LogP contribution in [0.1, 0.15) is 54.1 Å². The van der Waals surface area contributed by atoms with Gasteiger partial charge >= 0.3 is 5.97 Å². The summed E-state index contributed by atoms with van der Waals surface area (Å²) >= 11 is 0. The van der Waals surface area contributed by atoms with Gasteiger partial charge in [-0.05, 0) is 38.3 Å². The highest BCUT2D eigenvalue weighted by atomic mass is 16.4. The van der Waals surface area contributed by atoms with E-state index in [0.717, 1.165) is 31.5 Å². The molecule has 1 saturated heterocycles. The summed E-state index contributed by atoms with van der Waals surface area (Å²) in [5, 5.41) is 9.15. The third-order valence-corrected chi connectivity index (χ3v) is 4.39. The molecule has 1 N–H and O–H groups in total. The van der Waals surface area contributed by atoms with E-state index < -0.39 is 5.97 Å². The van der Waals surface area contributed by atoms with Crippen molar-refractivity contribution in [1.29, 1.82) is 0 Å². The third-order valence-electron chi connectivity index (χ3n) is 4.39. The Morgan fingerprint density at radius 1 is 1.20 bits per heavy atom. The van der Waals surface area contributed by atoms with Crippen molar-refractivity contribution in [2.45, 2.75) is 39.2 Å². The number of piperidine rings is 1. The fraction of sp³-hybridized carbons (Fsp3) is 0.389. The van der Waals surface area contributed by atoms with Gasteiger partial charge in [-0.25, -0.2) is 14.8 Å². The molecule has 0 unspecified atom stereocenters. The van der Waals surface area contributed by atoms with Gasteiger partial charge in [0.15, 0.2) is 0 Å². The summed E-state index contributed by atoms with van der Waals surface area (Å²) in [5.41, 5.74) is 2.14. The van der Waals surface area contributed by atoms with Crippen LogP contribution in [0.2, 0.25) is 0 Å². The SMILES string of the molecule is CC(=O)N1CCCC[C@H]1c1cc(-c2cncc(C(=O)O)c2)nc(C)n1. The topological polar surface area (TPSA) is 96.3 Å². The molecule has 2 aromatic rings. The highest BCUT2D eigenvalue weighted by Gasteiger charge is 2.27. The van der Waals surface area contributed by atoms with Crippen LogP contribution in [0.5, 0.6) is 0 Å². The minimum atomic E-state index is -1.03. The second kappa shape index (κ2) is 6.96. The highest BCUT2D eigenvalue weighted by molar-refractivity contribution is 5.88. The summed E-state index contributed by atoms with van der Waals surface area (Å²) in [6, 6.07) is 3.31. The zero-order valence-electron chi connectivity index (χ0n) is 14.3. The summed E-state index contributed by atoms with van der Waals surface area (Å²) in [5.74, 6) is -0.408. The predicted octanol–water partition coefficient (Wildman–Crippen LogP) is 2.62. The Labute approximate surface area is 145 Å². The fourth-order valence-electron chi connectivity index (χ4n) is 3.22. The first-order valence-corrected chi connectivity index (χ1v) is 8.27. The lowest BCUT2D eigenvalue weighted by Crippen LogP contribution is -2.37. The molecule has 0 spiro atoms. The summed E-state index contributed by atoms with van der Waals surface area (Å²) < 4.78 is 0. The Bertz CT molecular complexity index is 822. The Hall–Kier alpha value is -2.83. The lowest BCUT2D eigenvalue weighted by Gasteiger charge is -2.34. The number of carbonyl (C=O) groups excluding carboxylic acids is 1. The Morgan fingerprint density at radius 2 is 2.00 bits per heavy atom. The average molecular weight is 340 g/mol. The quantitative estimate of drug-likeness (QED) is 0.922. The van der Waals surface area contributed by atoms with Crippen LogP contribution in [0.25, 0.3) is 11.3 Å². The predicted molar refractivity (Wildman–Crippen MR) is 90.9 cm³/mol. The molecule has 1 atom stereocenters. The smallest absolute Gasteiger partial charge is 0.337 e. The standard InChI is InChI=1S/C18H20N4O3/c1-11-20-15(13-7-14(18(24)25)10-19-9-13)8-16(21-11)17-5-3-4-6-22(17)12(2)23/h7-10,17H,3-6H2,1-2H3,(H,24,25)/t17-/m0/s1. The van der Waals surface area contributed by atoms with E-state index in [1.54, 1.807) is 26.1 Å². The number of aryl methyl sites for hydroxylation is 1. The number of pyridine rings is 1. The van der Waals surface area contributed by atoms with Crippen LogP contribution >= 0.6 is 0 Å². The number of amides is 1. The lowest BCUT2D eigenvalue weighted by molar-refractivity contribution is -0.132. The minimum Gasteiger partial charge on any atom is -0.478 e. The number of aromatic nitrogens is 3. The molecule has 3 rings (SSSR count). The van der Waals surface area contributed by atoms with Gasteiger partial charge in [0.2, 0.25) is 5.91 Å². The zero-order chi connectivity index (χ0) is 18.0. The number of hydrogen-bond donors (Lipinski definition) is 1. The van der Waals surface area contributed by atoms with Crippen molar-refractivity contribution >= 4 is 11.9 Å². The molecule has 130 valence electrons. The number of likely N-dealkylation sites (tertiary alicyclic amines) is 1. The molecule has 0 aromatic carbocycles. The van der Waals surface area contributed by atoms with Gasteiger partial charge in [-0.1, -0.05) is 0 Å². The largest absolute Gasteiger partial charge is 0.478 e. The van der Waals surface area contributed by atoms with Gasteiger partial charge in [0.25, 0.3) is 0 Å². The van der Waals surface area contributed by atoms with Gasteiger partial charge in [-0.3, -0.25) is 9.78 Å². The van der Waals surface area contributed by atoms with Crippen LogP contribution in [-0.2, 0) is 4.79 Å². The summed E-state index contributed by atoms with van der Waals surface area (Å²) in [6.45, 7) is 4.10. The van der Waals surface area contributed by atoms with Crippen LogP contribution in [-0.4, -0.2) is 43.4 Å². The lowest BCUT2D eigenvalue weighted by atomic mass is 9.98. The van der Waals surface area contributed by atoms with Crippen molar-refractivity contribution in [2.24, 2.45) is 0 Å². The summed E-state index contributed by atoms with van der Waals surface area (Å²) in [4.78, 5) is 37.9. The van der Waals surface area contributed by atoms with Crippen molar-refractivity contribution in [3.8, 4) is 11.3 Å². The molecular formula is C18H20N4O3. The van der Waals surface area contributed by atoms with Crippen LogP contribution in [0.15, 0.2) is 24.5 Å². The van der Waals surface area contributed by atoms with Gasteiger partial charge in [0.05, 0.1) is 23.0 Å². The van der Waals surface area contributed by atoms with Crippen molar-refractivity contribution in [2.75, 3.05) is 6.54 Å². The van der Waals surface area contributed by atoms with E-state index in [-0.39, 0.29) is 17.5 Å². The molecule has 1 aliphatic heterocycles. The fourth-order valence-corrected chi connectivity index (χ4v) is 3.22. The van der Waals surface area contributed by atoms with Crippen LogP contribution in [0.3, 0.4) is 0 Å². The molecule has 0 bridgehead atoms. The van der Waals surface area contributed by atoms with E-state index in [9.17, 15) is 9.59 Å². The van der Waals surface area contributed by atoms with Crippen LogP contribution < -0.4 is 0 Å². The molecule has 7 nitrogen and oxygen atoms in total. The van der Waals surface area contributed by atoms with E-state index in [4.69, 9.17) is 5.11 Å². The second-order valence-electron chi connectivity index (χ2n) is 6.22. The molecule has 0 saturated carbocycles. The number of hydrogen-bond acceptors (Lipinski definition) is 5. The molecule has 7 heteroatoms. The van der Waals surface area contributed by atoms with E-state index in [2.05, 4.69) is 15.0 Å². The van der Waals surface area contributed by atoms with E-state index in [1.165, 1.54) is 6.20 Å². The van der Waals surface area contributed by atoms with E-state index >= 15 is 0 Å². The van der Waals surface area contributed by atoms with Crippen LogP contribution in [0.4, 0.5) is 0 Å². The molecular weight excluding hydrogens is 320 g/mol. The monoisotopic (exact) mass is 340 g/mol. The van der Waals surface area contributed by atoms with E-state index in [1.807, 2.05) is 11.0 Å². The molecule has 0 radical (unpaired) electrons. The van der Waals surface area contributed by atoms with Gasteiger partial charge in [0.1, 0.15) is 5.82 Å². The number of nitrogens with zero attached hydrogens (tertiary/aromatic N) is 4. The zero-order valence-corrected chi connectivity index (χ0v) is 14.3. The first-order valence-electron chi connectivity index (χ1n) is 8.27. The molecule has 25 heavy (non-hydrogen) atoms. The number of carboxylic acids is 1. The van der Waals surface area contributed by atoms with Crippen molar-refractivity contribution < 1.29 is 14.7 Å². The molecule has 3 heterocycles. The first kappa shape index (κ1) is 17.0. The second-order valence-corrected chi connectivity index (χ2v) is 6.22. The van der Waals surface area contributed by atoms with Crippen molar-refractivity contribution in [3.05, 3.63) is 41.6 Å². The van der Waals surface area contributed by atoms with Gasteiger partial charge in [-0.15, -0.1) is 0 Å². The Balaban J connectivity index is 2.02. The number of carbonyl (C=O) groups is 2. The van der Waals surface area contributed by atoms with Crippen molar-refractivity contribution in [3.63, 3.8) is 0 Å². The van der Waals surface area contributed by atoms with Crippen molar-refractivity contribution in [1.82, 2.24) is 19.9 Å². The molecule has 0 aliphatic carbocycles. The minimum absolute atomic E-state index is 0.0389. The Kier molecular flexibility index (Phi) is 4.74. The van der Waals surface area contributed by atoms with E-state index in [0.29, 0.717) is 17.1 Å². The van der Waals surface area contributed by atoms with Gasteiger partial charge in [-0.2, -0.15) is 0 Å². The summed E-state index contributed by atoms with van der Waals surface area (Å²) in [6.07, 6.45) is 5.80. The number of rotatable bonds is 3. The molecule has 1 fully saturated rings. The normalized spacial score (nSPS) is 17.4. The highest BCUT2D eigenvalue weighted by Crippen LogP contribution is 2.31. The average Bonchev–Trinajstić information content (AvgIpc) is 2.61. The Morgan fingerprint density at radius 3 is 2.72 bits per heavy atom. The number of aromatic carboxylic acids is 1. The number of carboxylic acid groups (broad SMARTS) is 1. The molecule has 1 amide bonds. The maximum absolute atomic E-state index is 11.9. The van der Waals surface area contributed by atoms with Crippen LogP contribution in [0, 0.1) is 6.92 Å². The van der Waals surface area contributed by atoms with Gasteiger partial charge in [0, 0.05) is 31.4 Å². The molecule has 1 aliphatic rings. The van der Waals surface area contributed by atoms with Gasteiger partial charge < -0.3 is 10.0 Å². The maximum atomic E-state index is 11.9. The molecule has 2 aromatic heterocycles. The maximum Gasteiger partial charge on any atom is 0.337 e. The first-order chi connectivity index (χ1) is 12.0.